The third-order valence-electron chi connectivity index (χ3n) is 11.6. The fraction of sp³-hybridized carbons (Fsp3) is 0.565. The minimum absolute atomic E-state index is 0.0249. The van der Waals surface area contributed by atoms with E-state index >= 15 is 0 Å². The number of hydrogen-bond donors (Lipinski definition) is 8. The predicted molar refractivity (Wildman–Crippen MR) is 233 cm³/mol. The van der Waals surface area contributed by atoms with E-state index in [1.165, 1.54) is 45.2 Å². The molecule has 3 saturated heterocycles. The predicted octanol–water partition coefficient (Wildman–Crippen LogP) is -0.00540. The molecule has 0 aliphatic carbocycles. The fourth-order valence-corrected chi connectivity index (χ4v) is 7.89. The van der Waals surface area contributed by atoms with Gasteiger partial charge in [-0.25, -0.2) is 0 Å². The summed E-state index contributed by atoms with van der Waals surface area (Å²) < 4.78 is 63.5. The number of aliphatic hydroxyl groups excluding tert-OH is 7. The Morgan fingerprint density at radius 1 is 0.754 bits per heavy atom. The zero-order chi connectivity index (χ0) is 50.6. The third-order valence-corrected chi connectivity index (χ3v) is 11.6. The average molecular weight is 979 g/mol. The number of aliphatic hydroxyl groups is 7. The number of phenolic OH excluding ortho intramolecular Hbond substituents is 1. The lowest BCUT2D eigenvalue weighted by Crippen LogP contribution is -2.65. The van der Waals surface area contributed by atoms with Crippen LogP contribution in [0, 0.1) is 0 Å². The molecule has 2 aromatic carbocycles. The van der Waals surface area contributed by atoms with E-state index in [9.17, 15) is 60.0 Å². The number of aromatic hydroxyl groups is 1. The van der Waals surface area contributed by atoms with Gasteiger partial charge in [0.1, 0.15) is 89.8 Å². The highest BCUT2D eigenvalue weighted by molar-refractivity contribution is 5.91. The van der Waals surface area contributed by atoms with Crippen LogP contribution in [0.1, 0.15) is 53.5 Å². The van der Waals surface area contributed by atoms with Gasteiger partial charge in [-0.3, -0.25) is 19.2 Å². The number of esters is 3. The Hall–Kier alpha value is -5.44. The summed E-state index contributed by atoms with van der Waals surface area (Å²) in [5, 5.41) is 87.1. The van der Waals surface area contributed by atoms with Crippen LogP contribution < -0.4 is 19.6 Å². The second-order valence-electron chi connectivity index (χ2n) is 16.8. The zero-order valence-electron chi connectivity index (χ0n) is 38.7. The van der Waals surface area contributed by atoms with E-state index < -0.39 is 146 Å². The van der Waals surface area contributed by atoms with E-state index in [-0.39, 0.29) is 41.1 Å². The van der Waals surface area contributed by atoms with Crippen LogP contribution in [0.15, 0.2) is 51.2 Å². The van der Waals surface area contributed by atoms with Crippen molar-refractivity contribution in [3.8, 4) is 34.3 Å². The van der Waals surface area contributed by atoms with Crippen molar-refractivity contribution in [3.63, 3.8) is 0 Å². The lowest BCUT2D eigenvalue weighted by Gasteiger charge is -2.46. The molecule has 3 fully saturated rings. The average Bonchev–Trinajstić information content (AvgIpc) is 3.31. The number of rotatable bonds is 16. The first-order valence-electron chi connectivity index (χ1n) is 22.0. The molecule has 380 valence electrons. The molecule has 0 unspecified atom stereocenters. The summed E-state index contributed by atoms with van der Waals surface area (Å²) >= 11 is 0. The SMILES string of the molecule is CCC(=O)O[C@H]1[C@H](O)[C@@H](O)[C@H](O[C@H]2[C@@H](O)[C@H](Oc3c(-c4ccc(OC)cc4)oc4c(CC=C(C)C)c(O[C@@H]5O[C@H](CO)[C@@H](O)[C@H](O)[C@H]5O)cc(O)c4c3=O)O[C@@H](C)[C@@H]2OC(C)=O)O[C@@H]1COC(C)=O. The Labute approximate surface area is 394 Å². The summed E-state index contributed by atoms with van der Waals surface area (Å²) in [6, 6.07) is 7.12. The van der Waals surface area contributed by atoms with E-state index in [1.807, 2.05) is 0 Å². The van der Waals surface area contributed by atoms with Gasteiger partial charge in [0.05, 0.1) is 19.8 Å². The highest BCUT2D eigenvalue weighted by Gasteiger charge is 2.54. The van der Waals surface area contributed by atoms with Gasteiger partial charge < -0.3 is 92.6 Å². The molecule has 0 saturated carbocycles. The normalized spacial score (nSPS) is 31.3. The van der Waals surface area contributed by atoms with Gasteiger partial charge in [0, 0.05) is 37.5 Å². The van der Waals surface area contributed by atoms with E-state index in [1.54, 1.807) is 19.9 Å². The van der Waals surface area contributed by atoms with Crippen molar-refractivity contribution in [2.24, 2.45) is 0 Å². The summed E-state index contributed by atoms with van der Waals surface area (Å²) in [5.74, 6) is -3.86. The Morgan fingerprint density at radius 2 is 1.41 bits per heavy atom. The largest absolute Gasteiger partial charge is 0.507 e. The van der Waals surface area contributed by atoms with Gasteiger partial charge in [0.15, 0.2) is 24.3 Å². The molecule has 0 amide bonds. The van der Waals surface area contributed by atoms with Crippen LogP contribution in [0.2, 0.25) is 0 Å². The van der Waals surface area contributed by atoms with Gasteiger partial charge in [0.2, 0.25) is 23.8 Å². The second-order valence-corrected chi connectivity index (χ2v) is 16.8. The number of benzene rings is 2. The monoisotopic (exact) mass is 978 g/mol. The number of phenols is 1. The number of fused-ring (bicyclic) bond motifs is 1. The Morgan fingerprint density at radius 3 is 2.01 bits per heavy atom. The first kappa shape index (κ1) is 52.9. The standard InChI is InChI=1S/C46H58O23/c1-8-29(51)66-41-28(17-60-20(5)48)65-45(36(57)34(41)55)69-43-37(58)46(61-19(4)38(43)62-21(6)49)68-42-32(53)30-25(50)15-26(63-44-35(56)33(54)31(52)27(16-47)64-44)24(14-9-18(2)3)40(30)67-39(42)22-10-12-23(59-7)13-11-22/h9-13,15,19,27-28,31,33-38,41,43-47,50,52,54-58H,8,14,16-17H2,1-7H3/t19-,27+,28+,31+,33-,34+,35+,36+,37+,38-,41+,43-,44+,45-,46-/m0/s1. The Bertz CT molecular complexity index is 2380. The van der Waals surface area contributed by atoms with Crippen LogP contribution in [0.5, 0.6) is 23.0 Å². The van der Waals surface area contributed by atoms with E-state index in [2.05, 4.69) is 0 Å². The summed E-state index contributed by atoms with van der Waals surface area (Å²) in [5.41, 5.74) is -0.166. The number of ether oxygens (including phenoxy) is 10. The highest BCUT2D eigenvalue weighted by atomic mass is 16.8. The van der Waals surface area contributed by atoms with E-state index in [4.69, 9.17) is 51.8 Å². The summed E-state index contributed by atoms with van der Waals surface area (Å²) in [4.78, 5) is 51.4. The van der Waals surface area contributed by atoms with Crippen molar-refractivity contribution in [2.45, 2.75) is 147 Å². The molecule has 23 heteroatoms. The smallest absolute Gasteiger partial charge is 0.305 e. The van der Waals surface area contributed by atoms with Crippen LogP contribution in [-0.2, 0) is 54.0 Å². The molecule has 4 heterocycles. The molecule has 3 aliphatic heterocycles. The first-order valence-corrected chi connectivity index (χ1v) is 22.0. The number of hydrogen-bond acceptors (Lipinski definition) is 23. The van der Waals surface area contributed by atoms with Crippen molar-refractivity contribution >= 4 is 28.9 Å². The second kappa shape index (κ2) is 22.5. The number of allylic oxidation sites excluding steroid dienone is 2. The molecule has 23 nitrogen and oxygen atoms in total. The maximum atomic E-state index is 14.9. The van der Waals surface area contributed by atoms with E-state index in [0.717, 1.165) is 25.5 Å². The summed E-state index contributed by atoms with van der Waals surface area (Å²) in [7, 11) is 1.43. The molecule has 3 aliphatic rings. The van der Waals surface area contributed by atoms with Gasteiger partial charge in [-0.1, -0.05) is 18.6 Å². The molecule has 0 spiro atoms. The molecule has 15 atom stereocenters. The molecule has 0 radical (unpaired) electrons. The molecular formula is C46H58O23. The molecule has 69 heavy (non-hydrogen) atoms. The van der Waals surface area contributed by atoms with Crippen LogP contribution in [0.25, 0.3) is 22.3 Å². The topological polar surface area (TPSA) is 336 Å². The maximum Gasteiger partial charge on any atom is 0.305 e. The van der Waals surface area contributed by atoms with Gasteiger partial charge in [-0.05, 0) is 51.5 Å². The molecular weight excluding hydrogens is 920 g/mol. The summed E-state index contributed by atoms with van der Waals surface area (Å²) in [6.07, 6.45) is -24.0. The van der Waals surface area contributed by atoms with Crippen LogP contribution in [0.4, 0.5) is 0 Å². The fourth-order valence-electron chi connectivity index (χ4n) is 7.89. The van der Waals surface area contributed by atoms with Gasteiger partial charge in [-0.15, -0.1) is 0 Å². The van der Waals surface area contributed by atoms with Crippen molar-refractivity contribution in [3.05, 3.63) is 57.8 Å². The Balaban J connectivity index is 1.45. The van der Waals surface area contributed by atoms with Crippen molar-refractivity contribution in [2.75, 3.05) is 20.3 Å². The van der Waals surface area contributed by atoms with Crippen LogP contribution >= 0.6 is 0 Å². The molecule has 8 N–H and O–H groups in total. The minimum Gasteiger partial charge on any atom is -0.507 e. The lowest BCUT2D eigenvalue weighted by atomic mass is 9.96. The van der Waals surface area contributed by atoms with Crippen molar-refractivity contribution in [1.82, 2.24) is 0 Å². The molecule has 1 aromatic heterocycles. The first-order chi connectivity index (χ1) is 32.7. The molecule has 6 rings (SSSR count). The van der Waals surface area contributed by atoms with E-state index in [0.29, 0.717) is 5.75 Å². The number of methoxy groups -OCH3 is 1. The van der Waals surface area contributed by atoms with Crippen LogP contribution in [-0.4, -0.2) is 171 Å². The molecule has 0 bridgehead atoms. The Kier molecular flexibility index (Phi) is 17.3. The van der Waals surface area contributed by atoms with Gasteiger partial charge in [-0.2, -0.15) is 0 Å². The van der Waals surface area contributed by atoms with Crippen LogP contribution in [0.3, 0.4) is 0 Å². The van der Waals surface area contributed by atoms with Gasteiger partial charge in [0.25, 0.3) is 0 Å². The number of carbonyl (C=O) groups is 3. The number of carbonyl (C=O) groups excluding carboxylic acids is 3. The molecule has 3 aromatic rings. The minimum atomic E-state index is -2.05. The zero-order valence-corrected chi connectivity index (χ0v) is 38.7. The van der Waals surface area contributed by atoms with Crippen molar-refractivity contribution in [1.29, 1.82) is 0 Å². The highest BCUT2D eigenvalue weighted by Crippen LogP contribution is 2.42. The van der Waals surface area contributed by atoms with Crippen molar-refractivity contribution < 1.29 is 107 Å². The maximum absolute atomic E-state index is 14.9. The quantitative estimate of drug-likeness (QED) is 0.0532. The third kappa shape index (κ3) is 11.6. The summed E-state index contributed by atoms with van der Waals surface area (Å²) in [6.45, 7) is 7.30. The lowest BCUT2D eigenvalue weighted by molar-refractivity contribution is -0.351. The van der Waals surface area contributed by atoms with Gasteiger partial charge >= 0.3 is 17.9 Å².